The third-order valence-corrected chi connectivity index (χ3v) is 5.16. The second-order valence-electron chi connectivity index (χ2n) is 5.38. The van der Waals surface area contributed by atoms with Crippen LogP contribution in [0.25, 0.3) is 0 Å². The summed E-state index contributed by atoms with van der Waals surface area (Å²) < 4.78 is 0. The maximum absolute atomic E-state index is 9.99. The van der Waals surface area contributed by atoms with E-state index in [2.05, 4.69) is 20.8 Å². The fourth-order valence-corrected chi connectivity index (χ4v) is 3.83. The molecule has 3 aliphatic rings. The smallest absolute Gasteiger partial charge is 0.0653 e. The van der Waals surface area contributed by atoms with Crippen LogP contribution in [0, 0.1) is 23.2 Å². The summed E-state index contributed by atoms with van der Waals surface area (Å²) in [5.41, 5.74) is 0.0254. The molecule has 0 aromatic carbocycles. The first kappa shape index (κ1) is 9.79. The van der Waals surface area contributed by atoms with Crippen LogP contribution in [-0.2, 0) is 0 Å². The molecule has 0 heterocycles. The molecular weight excluding hydrogens is 184 g/mol. The van der Waals surface area contributed by atoms with E-state index in [-0.39, 0.29) is 16.9 Å². The number of rotatable bonds is 1. The second-order valence-corrected chi connectivity index (χ2v) is 5.85. The van der Waals surface area contributed by atoms with Crippen LogP contribution in [0.1, 0.15) is 33.6 Å². The summed E-state index contributed by atoms with van der Waals surface area (Å²) in [6, 6.07) is 0. The van der Waals surface area contributed by atoms with Gasteiger partial charge in [0, 0.05) is 16.7 Å². The van der Waals surface area contributed by atoms with Gasteiger partial charge >= 0.3 is 0 Å². The van der Waals surface area contributed by atoms with Gasteiger partial charge in [-0.15, -0.1) is 11.6 Å². The lowest BCUT2D eigenvalue weighted by Gasteiger charge is -2.63. The summed E-state index contributed by atoms with van der Waals surface area (Å²) >= 11 is 6.33. The van der Waals surface area contributed by atoms with Crippen molar-refractivity contribution in [2.75, 3.05) is 0 Å². The molecule has 2 bridgehead atoms. The quantitative estimate of drug-likeness (QED) is 0.649. The monoisotopic (exact) mass is 202 g/mol. The van der Waals surface area contributed by atoms with Crippen molar-refractivity contribution < 1.29 is 5.11 Å². The van der Waals surface area contributed by atoms with Gasteiger partial charge in [0.15, 0.2) is 0 Å². The van der Waals surface area contributed by atoms with Crippen LogP contribution < -0.4 is 0 Å². The average Bonchev–Trinajstić information content (AvgIpc) is 2.09. The molecule has 3 rings (SSSR count). The van der Waals surface area contributed by atoms with E-state index in [0.29, 0.717) is 17.8 Å². The maximum atomic E-state index is 9.99. The normalized spacial score (nSPS) is 54.9. The number of alkyl halides is 1. The van der Waals surface area contributed by atoms with Crippen molar-refractivity contribution >= 4 is 11.6 Å². The first-order valence-electron chi connectivity index (χ1n) is 5.30. The van der Waals surface area contributed by atoms with Crippen molar-refractivity contribution in [3.8, 4) is 0 Å². The van der Waals surface area contributed by atoms with Crippen molar-refractivity contribution in [1.82, 2.24) is 0 Å². The molecule has 0 aromatic rings. The lowest BCUT2D eigenvalue weighted by Crippen LogP contribution is -2.66. The zero-order valence-electron chi connectivity index (χ0n) is 8.63. The van der Waals surface area contributed by atoms with E-state index in [1.54, 1.807) is 0 Å². The molecule has 1 N–H and O–H groups in total. The van der Waals surface area contributed by atoms with E-state index in [4.69, 9.17) is 11.6 Å². The lowest BCUT2D eigenvalue weighted by molar-refractivity contribution is -0.172. The minimum Gasteiger partial charge on any atom is -0.392 e. The topological polar surface area (TPSA) is 20.2 Å². The van der Waals surface area contributed by atoms with Crippen molar-refractivity contribution in [2.24, 2.45) is 23.2 Å². The van der Waals surface area contributed by atoms with E-state index >= 15 is 0 Å². The number of hydrogen-bond acceptors (Lipinski definition) is 1. The number of fused-ring (bicyclic) bond motifs is 2. The van der Waals surface area contributed by atoms with Gasteiger partial charge in [0.1, 0.15) is 0 Å². The first-order valence-corrected chi connectivity index (χ1v) is 5.74. The van der Waals surface area contributed by atoms with Crippen LogP contribution in [0.5, 0.6) is 0 Å². The van der Waals surface area contributed by atoms with Crippen molar-refractivity contribution in [3.05, 3.63) is 0 Å². The second kappa shape index (κ2) is 2.87. The van der Waals surface area contributed by atoms with Gasteiger partial charge in [-0.25, -0.2) is 0 Å². The van der Waals surface area contributed by atoms with E-state index in [0.717, 1.165) is 6.42 Å². The molecule has 0 radical (unpaired) electrons. The van der Waals surface area contributed by atoms with Crippen LogP contribution in [0.4, 0.5) is 0 Å². The molecule has 0 aliphatic heterocycles. The standard InChI is InChI=1S/C11H19ClO/c1-6(2)7-4-5-11(3)9(12)8(7)10(11)13/h6-10,13H,4-5H2,1-3H3/t7-,8+,9+,10+,11-/m0/s1. The van der Waals surface area contributed by atoms with Gasteiger partial charge in [-0.1, -0.05) is 20.8 Å². The van der Waals surface area contributed by atoms with Crippen LogP contribution in [0.2, 0.25) is 0 Å². The number of halogens is 1. The Labute approximate surface area is 85.5 Å². The van der Waals surface area contributed by atoms with Crippen molar-refractivity contribution in [2.45, 2.75) is 45.1 Å². The van der Waals surface area contributed by atoms with Gasteiger partial charge in [0.25, 0.3) is 0 Å². The van der Waals surface area contributed by atoms with Crippen molar-refractivity contribution in [1.29, 1.82) is 0 Å². The third kappa shape index (κ3) is 1.10. The molecular formula is C11H19ClO. The van der Waals surface area contributed by atoms with E-state index < -0.39 is 0 Å². The van der Waals surface area contributed by atoms with Crippen LogP contribution >= 0.6 is 11.6 Å². The SMILES string of the molecule is CC(C)[C@@H]1CC[C@]2(C)[C@H](O)[C@H]1[C@H]2Cl. The van der Waals surface area contributed by atoms with E-state index in [1.807, 2.05) is 0 Å². The van der Waals surface area contributed by atoms with Gasteiger partial charge in [-0.2, -0.15) is 0 Å². The van der Waals surface area contributed by atoms with E-state index in [1.165, 1.54) is 6.42 Å². The molecule has 3 saturated carbocycles. The van der Waals surface area contributed by atoms with Crippen LogP contribution in [-0.4, -0.2) is 16.6 Å². The predicted octanol–water partition coefficient (Wildman–Crippen LogP) is 2.66. The Hall–Kier alpha value is 0.250. The zero-order chi connectivity index (χ0) is 9.80. The highest BCUT2D eigenvalue weighted by Crippen LogP contribution is 2.61. The summed E-state index contributed by atoms with van der Waals surface area (Å²) in [4.78, 5) is 0. The summed E-state index contributed by atoms with van der Waals surface area (Å²) in [5, 5.41) is 10.2. The first-order chi connectivity index (χ1) is 5.98. The van der Waals surface area contributed by atoms with E-state index in [9.17, 15) is 5.11 Å². The molecule has 0 unspecified atom stereocenters. The Balaban J connectivity index is 2.16. The molecule has 0 saturated heterocycles. The molecule has 5 atom stereocenters. The van der Waals surface area contributed by atoms with Gasteiger partial charge in [-0.3, -0.25) is 0 Å². The molecule has 76 valence electrons. The highest BCUT2D eigenvalue weighted by Gasteiger charge is 2.63. The molecule has 3 fully saturated rings. The fraction of sp³-hybridized carbons (Fsp3) is 1.00. The lowest BCUT2D eigenvalue weighted by atomic mass is 9.47. The summed E-state index contributed by atoms with van der Waals surface area (Å²) in [5.74, 6) is 1.66. The highest BCUT2D eigenvalue weighted by molar-refractivity contribution is 6.22. The molecule has 3 aliphatic carbocycles. The zero-order valence-corrected chi connectivity index (χ0v) is 9.38. The minimum absolute atomic E-state index is 0.0254. The number of aliphatic hydroxyl groups is 1. The van der Waals surface area contributed by atoms with Gasteiger partial charge in [0.2, 0.25) is 0 Å². The average molecular weight is 203 g/mol. The minimum atomic E-state index is -0.142. The summed E-state index contributed by atoms with van der Waals surface area (Å²) in [6.07, 6.45) is 2.21. The molecule has 1 nitrogen and oxygen atoms in total. The Morgan fingerprint density at radius 2 is 2.08 bits per heavy atom. The Bertz CT molecular complexity index is 204. The highest BCUT2D eigenvalue weighted by atomic mass is 35.5. The Morgan fingerprint density at radius 3 is 2.46 bits per heavy atom. The Morgan fingerprint density at radius 1 is 1.46 bits per heavy atom. The fourth-order valence-electron chi connectivity index (χ4n) is 3.27. The summed E-state index contributed by atoms with van der Waals surface area (Å²) in [7, 11) is 0. The molecule has 0 amide bonds. The number of aliphatic hydroxyl groups excluding tert-OH is 1. The third-order valence-electron chi connectivity index (χ3n) is 4.38. The molecule has 0 spiro atoms. The Kier molecular flexibility index (Phi) is 2.16. The van der Waals surface area contributed by atoms with Crippen LogP contribution in [0.3, 0.4) is 0 Å². The van der Waals surface area contributed by atoms with Crippen LogP contribution in [0.15, 0.2) is 0 Å². The molecule has 13 heavy (non-hydrogen) atoms. The largest absolute Gasteiger partial charge is 0.392 e. The van der Waals surface area contributed by atoms with Gasteiger partial charge in [-0.05, 0) is 24.7 Å². The van der Waals surface area contributed by atoms with Gasteiger partial charge < -0.3 is 5.11 Å². The van der Waals surface area contributed by atoms with Gasteiger partial charge in [0.05, 0.1) is 6.10 Å². The maximum Gasteiger partial charge on any atom is 0.0653 e. The predicted molar refractivity (Wildman–Crippen MR) is 54.8 cm³/mol. The van der Waals surface area contributed by atoms with Crippen molar-refractivity contribution in [3.63, 3.8) is 0 Å². The summed E-state index contributed by atoms with van der Waals surface area (Å²) in [6.45, 7) is 6.60. The molecule has 2 heteroatoms. The number of hydrogen-bond donors (Lipinski definition) is 1. The molecule has 0 aromatic heterocycles.